The Bertz CT molecular complexity index is 525. The first-order valence-electron chi connectivity index (χ1n) is 7.15. The van der Waals surface area contributed by atoms with Gasteiger partial charge in [0.25, 0.3) is 5.91 Å². The molecule has 1 aromatic rings. The van der Waals surface area contributed by atoms with Gasteiger partial charge in [-0.15, -0.1) is 0 Å². The SMILES string of the molecule is CCc1c(C(=O)N2CCC(O)CC2)[nH]c(C)c1C(C)=O. The van der Waals surface area contributed by atoms with Crippen molar-refractivity contribution in [1.29, 1.82) is 0 Å². The molecule has 1 aliphatic heterocycles. The van der Waals surface area contributed by atoms with Crippen LogP contribution in [0.25, 0.3) is 0 Å². The molecule has 0 aromatic carbocycles. The van der Waals surface area contributed by atoms with Gasteiger partial charge in [-0.2, -0.15) is 0 Å². The van der Waals surface area contributed by atoms with Crippen LogP contribution in [0.2, 0.25) is 0 Å². The van der Waals surface area contributed by atoms with Crippen molar-refractivity contribution in [2.24, 2.45) is 0 Å². The first kappa shape index (κ1) is 14.8. The number of aromatic nitrogens is 1. The topological polar surface area (TPSA) is 73.4 Å². The molecule has 1 aliphatic rings. The van der Waals surface area contributed by atoms with Crippen molar-refractivity contribution in [1.82, 2.24) is 9.88 Å². The highest BCUT2D eigenvalue weighted by atomic mass is 16.3. The van der Waals surface area contributed by atoms with Crippen molar-refractivity contribution in [3.8, 4) is 0 Å². The van der Waals surface area contributed by atoms with Crippen molar-refractivity contribution >= 4 is 11.7 Å². The fraction of sp³-hybridized carbons (Fsp3) is 0.600. The van der Waals surface area contributed by atoms with E-state index in [2.05, 4.69) is 4.98 Å². The molecule has 5 nitrogen and oxygen atoms in total. The van der Waals surface area contributed by atoms with Crippen LogP contribution < -0.4 is 0 Å². The Balaban J connectivity index is 2.30. The van der Waals surface area contributed by atoms with E-state index < -0.39 is 0 Å². The van der Waals surface area contributed by atoms with Crippen LogP contribution in [0.1, 0.15) is 58.8 Å². The molecular formula is C15H22N2O3. The van der Waals surface area contributed by atoms with Gasteiger partial charge in [0, 0.05) is 24.3 Å². The summed E-state index contributed by atoms with van der Waals surface area (Å²) >= 11 is 0. The number of rotatable bonds is 3. The van der Waals surface area contributed by atoms with Crippen LogP contribution in [-0.4, -0.2) is 45.9 Å². The van der Waals surface area contributed by atoms with Crippen LogP contribution in [0.15, 0.2) is 0 Å². The lowest BCUT2D eigenvalue weighted by atomic mass is 10.0. The number of H-pyrrole nitrogens is 1. The highest BCUT2D eigenvalue weighted by molar-refractivity contribution is 6.02. The number of aliphatic hydroxyl groups excluding tert-OH is 1. The van der Waals surface area contributed by atoms with Gasteiger partial charge in [0.2, 0.25) is 0 Å². The molecule has 0 saturated carbocycles. The number of amides is 1. The van der Waals surface area contributed by atoms with E-state index in [1.165, 1.54) is 6.92 Å². The maximum absolute atomic E-state index is 12.6. The molecule has 0 bridgehead atoms. The Morgan fingerprint density at radius 1 is 1.35 bits per heavy atom. The van der Waals surface area contributed by atoms with E-state index in [0.717, 1.165) is 11.3 Å². The van der Waals surface area contributed by atoms with Gasteiger partial charge < -0.3 is 15.0 Å². The first-order valence-corrected chi connectivity index (χ1v) is 7.15. The van der Waals surface area contributed by atoms with Crippen molar-refractivity contribution in [3.63, 3.8) is 0 Å². The Morgan fingerprint density at radius 2 is 1.95 bits per heavy atom. The zero-order valence-corrected chi connectivity index (χ0v) is 12.3. The molecule has 0 aliphatic carbocycles. The molecule has 110 valence electrons. The Kier molecular flexibility index (Phi) is 4.28. The maximum atomic E-state index is 12.6. The summed E-state index contributed by atoms with van der Waals surface area (Å²) in [5.41, 5.74) is 2.75. The number of aliphatic hydroxyl groups is 1. The predicted octanol–water partition coefficient (Wildman–Crippen LogP) is 1.69. The molecule has 0 atom stereocenters. The summed E-state index contributed by atoms with van der Waals surface area (Å²) in [5.74, 6) is -0.0759. The number of carbonyl (C=O) groups is 2. The average Bonchev–Trinajstić information content (AvgIpc) is 2.75. The van der Waals surface area contributed by atoms with Gasteiger partial charge in [-0.05, 0) is 38.7 Å². The van der Waals surface area contributed by atoms with Crippen LogP contribution in [0, 0.1) is 6.92 Å². The molecule has 1 amide bonds. The second kappa shape index (κ2) is 5.79. The summed E-state index contributed by atoms with van der Waals surface area (Å²) in [6.07, 6.45) is 1.58. The summed E-state index contributed by atoms with van der Waals surface area (Å²) in [6, 6.07) is 0. The zero-order chi connectivity index (χ0) is 14.9. The number of aromatic amines is 1. The van der Waals surface area contributed by atoms with Gasteiger partial charge in [-0.1, -0.05) is 6.92 Å². The van der Waals surface area contributed by atoms with E-state index in [4.69, 9.17) is 0 Å². The fourth-order valence-corrected chi connectivity index (χ4v) is 2.92. The maximum Gasteiger partial charge on any atom is 0.270 e. The largest absolute Gasteiger partial charge is 0.393 e. The van der Waals surface area contributed by atoms with E-state index in [-0.39, 0.29) is 17.8 Å². The number of ketones is 1. The highest BCUT2D eigenvalue weighted by Gasteiger charge is 2.27. The van der Waals surface area contributed by atoms with Crippen LogP contribution in [0.3, 0.4) is 0 Å². The summed E-state index contributed by atoms with van der Waals surface area (Å²) in [7, 11) is 0. The second-order valence-corrected chi connectivity index (χ2v) is 5.41. The smallest absolute Gasteiger partial charge is 0.270 e. The molecule has 1 aromatic heterocycles. The normalized spacial score (nSPS) is 16.5. The summed E-state index contributed by atoms with van der Waals surface area (Å²) in [6.45, 7) is 6.44. The van der Waals surface area contributed by atoms with Crippen LogP contribution in [-0.2, 0) is 6.42 Å². The minimum Gasteiger partial charge on any atom is -0.393 e. The quantitative estimate of drug-likeness (QED) is 0.826. The van der Waals surface area contributed by atoms with E-state index in [0.29, 0.717) is 43.6 Å². The number of carbonyl (C=O) groups excluding carboxylic acids is 2. The standard InChI is InChI=1S/C15H22N2O3/c1-4-12-13(10(3)18)9(2)16-14(12)15(20)17-7-5-11(19)6-8-17/h11,16,19H,4-8H2,1-3H3. The number of nitrogens with zero attached hydrogens (tertiary/aromatic N) is 1. The molecule has 1 fully saturated rings. The predicted molar refractivity (Wildman–Crippen MR) is 76.1 cm³/mol. The van der Waals surface area contributed by atoms with E-state index in [1.54, 1.807) is 4.90 Å². The van der Waals surface area contributed by atoms with Crippen molar-refractivity contribution < 1.29 is 14.7 Å². The van der Waals surface area contributed by atoms with E-state index >= 15 is 0 Å². The third kappa shape index (κ3) is 2.63. The molecule has 2 N–H and O–H groups in total. The fourth-order valence-electron chi connectivity index (χ4n) is 2.92. The third-order valence-electron chi connectivity index (χ3n) is 3.96. The average molecular weight is 278 g/mol. The number of hydrogen-bond acceptors (Lipinski definition) is 3. The molecule has 5 heteroatoms. The van der Waals surface area contributed by atoms with Gasteiger partial charge >= 0.3 is 0 Å². The van der Waals surface area contributed by atoms with Gasteiger partial charge in [-0.3, -0.25) is 9.59 Å². The van der Waals surface area contributed by atoms with Gasteiger partial charge in [0.05, 0.1) is 6.10 Å². The molecule has 20 heavy (non-hydrogen) atoms. The second-order valence-electron chi connectivity index (χ2n) is 5.41. The minimum atomic E-state index is -0.303. The molecular weight excluding hydrogens is 256 g/mol. The van der Waals surface area contributed by atoms with E-state index in [9.17, 15) is 14.7 Å². The molecule has 1 saturated heterocycles. The summed E-state index contributed by atoms with van der Waals surface area (Å²) in [4.78, 5) is 29.1. The summed E-state index contributed by atoms with van der Waals surface area (Å²) in [5, 5.41) is 9.51. The van der Waals surface area contributed by atoms with Crippen LogP contribution in [0.5, 0.6) is 0 Å². The van der Waals surface area contributed by atoms with Gasteiger partial charge in [0.15, 0.2) is 5.78 Å². The van der Waals surface area contributed by atoms with Crippen molar-refractivity contribution in [3.05, 3.63) is 22.5 Å². The molecule has 0 spiro atoms. The summed E-state index contributed by atoms with van der Waals surface area (Å²) < 4.78 is 0. The Labute approximate surface area is 119 Å². The molecule has 2 rings (SSSR count). The Hall–Kier alpha value is -1.62. The van der Waals surface area contributed by atoms with Crippen LogP contribution in [0.4, 0.5) is 0 Å². The number of hydrogen-bond donors (Lipinski definition) is 2. The van der Waals surface area contributed by atoms with Crippen molar-refractivity contribution in [2.45, 2.75) is 46.1 Å². The first-order chi connectivity index (χ1) is 9.45. The number of Topliss-reactive ketones (excluding diaryl/α,β-unsaturated/α-hetero) is 1. The van der Waals surface area contributed by atoms with Gasteiger partial charge in [0.1, 0.15) is 5.69 Å². The lowest BCUT2D eigenvalue weighted by Crippen LogP contribution is -2.40. The van der Waals surface area contributed by atoms with E-state index in [1.807, 2.05) is 13.8 Å². The number of likely N-dealkylation sites (tertiary alicyclic amines) is 1. The number of aryl methyl sites for hydroxylation is 1. The lowest BCUT2D eigenvalue weighted by Gasteiger charge is -2.29. The van der Waals surface area contributed by atoms with Crippen molar-refractivity contribution in [2.75, 3.05) is 13.1 Å². The number of piperidine rings is 1. The third-order valence-corrected chi connectivity index (χ3v) is 3.96. The lowest BCUT2D eigenvalue weighted by molar-refractivity contribution is 0.0541. The minimum absolute atomic E-state index is 0.0104. The molecule has 0 radical (unpaired) electrons. The van der Waals surface area contributed by atoms with Crippen LogP contribution >= 0.6 is 0 Å². The van der Waals surface area contributed by atoms with Gasteiger partial charge in [-0.25, -0.2) is 0 Å². The molecule has 0 unspecified atom stereocenters. The molecule has 2 heterocycles. The Morgan fingerprint density at radius 3 is 2.45 bits per heavy atom. The monoisotopic (exact) mass is 278 g/mol. The highest BCUT2D eigenvalue weighted by Crippen LogP contribution is 2.23. The number of nitrogens with one attached hydrogen (secondary N) is 1. The zero-order valence-electron chi connectivity index (χ0n) is 12.3.